The molecule has 3 rings (SSSR count). The van der Waals surface area contributed by atoms with Crippen molar-refractivity contribution in [3.8, 4) is 0 Å². The second-order valence-corrected chi connectivity index (χ2v) is 9.80. The quantitative estimate of drug-likeness (QED) is 0.776. The van der Waals surface area contributed by atoms with Crippen LogP contribution in [0.5, 0.6) is 0 Å². The summed E-state index contributed by atoms with van der Waals surface area (Å²) >= 11 is 0. The SMILES string of the molecule is O=S1(=O)[N-]S(=O)(=O)C(C2CCCCC2)=C1C1CCCCC1. The predicted octanol–water partition coefficient (Wildman–Crippen LogP) is 3.41. The van der Waals surface area contributed by atoms with Gasteiger partial charge in [0.15, 0.2) is 0 Å². The van der Waals surface area contributed by atoms with Crippen molar-refractivity contribution in [3.63, 3.8) is 0 Å². The van der Waals surface area contributed by atoms with E-state index in [1.165, 1.54) is 0 Å². The molecule has 0 spiro atoms. The molecule has 5 nitrogen and oxygen atoms in total. The molecule has 7 heteroatoms. The fourth-order valence-corrected chi connectivity index (χ4v) is 8.48. The molecule has 1 heterocycles. The van der Waals surface area contributed by atoms with Crippen LogP contribution in [-0.4, -0.2) is 16.8 Å². The molecule has 1 aliphatic heterocycles. The minimum Gasteiger partial charge on any atom is -0.428 e. The van der Waals surface area contributed by atoms with E-state index < -0.39 is 20.0 Å². The van der Waals surface area contributed by atoms with Gasteiger partial charge in [-0.25, -0.2) is 16.8 Å². The zero-order valence-corrected chi connectivity index (χ0v) is 13.8. The summed E-state index contributed by atoms with van der Waals surface area (Å²) in [5, 5.41) is 0. The molecule has 0 saturated heterocycles. The zero-order valence-electron chi connectivity index (χ0n) is 12.1. The molecule has 0 amide bonds. The van der Waals surface area contributed by atoms with Crippen molar-refractivity contribution in [2.75, 3.05) is 0 Å². The van der Waals surface area contributed by atoms with Crippen LogP contribution in [0.4, 0.5) is 0 Å². The van der Waals surface area contributed by atoms with Crippen LogP contribution in [0.1, 0.15) is 64.2 Å². The average Bonchev–Trinajstić information content (AvgIpc) is 2.64. The van der Waals surface area contributed by atoms with Crippen LogP contribution in [0.2, 0.25) is 0 Å². The van der Waals surface area contributed by atoms with Crippen molar-refractivity contribution >= 4 is 20.0 Å². The van der Waals surface area contributed by atoms with Crippen LogP contribution in [0.15, 0.2) is 9.81 Å². The first-order valence-corrected chi connectivity index (χ1v) is 10.8. The molecule has 0 radical (unpaired) electrons. The van der Waals surface area contributed by atoms with E-state index in [2.05, 4.69) is 4.13 Å². The van der Waals surface area contributed by atoms with Gasteiger partial charge in [-0.2, -0.15) is 0 Å². The summed E-state index contributed by atoms with van der Waals surface area (Å²) in [6.07, 6.45) is 9.20. The molecule has 2 aliphatic carbocycles. The maximum Gasteiger partial charge on any atom is 0.109 e. The summed E-state index contributed by atoms with van der Waals surface area (Å²) in [6.45, 7) is 0. The number of hydrogen-bond donors (Lipinski definition) is 0. The van der Waals surface area contributed by atoms with Gasteiger partial charge < -0.3 is 4.13 Å². The molecule has 21 heavy (non-hydrogen) atoms. The highest BCUT2D eigenvalue weighted by Gasteiger charge is 2.39. The molecule has 0 aromatic rings. The Kier molecular flexibility index (Phi) is 4.18. The third-order valence-electron chi connectivity index (χ3n) is 4.95. The minimum atomic E-state index is -3.98. The van der Waals surface area contributed by atoms with Gasteiger partial charge in [0, 0.05) is 9.81 Å². The third-order valence-corrected chi connectivity index (χ3v) is 8.86. The molecule has 2 fully saturated rings. The Morgan fingerprint density at radius 1 is 0.619 bits per heavy atom. The number of sulfonamides is 2. The van der Waals surface area contributed by atoms with Gasteiger partial charge in [-0.05, 0) is 37.5 Å². The zero-order chi connectivity index (χ0) is 15.1. The Hall–Kier alpha value is -0.400. The summed E-state index contributed by atoms with van der Waals surface area (Å²) in [6, 6.07) is 0. The van der Waals surface area contributed by atoms with Crippen LogP contribution in [-0.2, 0) is 20.0 Å². The van der Waals surface area contributed by atoms with Crippen molar-refractivity contribution in [2.24, 2.45) is 11.8 Å². The summed E-state index contributed by atoms with van der Waals surface area (Å²) in [4.78, 5) is 0.322. The van der Waals surface area contributed by atoms with Crippen LogP contribution in [0, 0.1) is 11.8 Å². The molecule has 2 saturated carbocycles. The smallest absolute Gasteiger partial charge is 0.109 e. The van der Waals surface area contributed by atoms with Crippen molar-refractivity contribution in [1.29, 1.82) is 0 Å². The summed E-state index contributed by atoms with van der Waals surface area (Å²) < 4.78 is 52.5. The van der Waals surface area contributed by atoms with E-state index in [0.29, 0.717) is 0 Å². The molecule has 0 bridgehead atoms. The van der Waals surface area contributed by atoms with E-state index in [-0.39, 0.29) is 21.6 Å². The Morgan fingerprint density at radius 3 is 1.29 bits per heavy atom. The first kappa shape index (κ1) is 15.5. The van der Waals surface area contributed by atoms with Gasteiger partial charge in [0.25, 0.3) is 0 Å². The van der Waals surface area contributed by atoms with E-state index in [1.54, 1.807) is 0 Å². The molecular formula is C14H22NO4S2-. The average molecular weight is 332 g/mol. The molecule has 0 aromatic carbocycles. The van der Waals surface area contributed by atoms with Gasteiger partial charge in [-0.15, -0.1) is 0 Å². The second kappa shape index (κ2) is 5.66. The first-order chi connectivity index (χ1) is 9.92. The van der Waals surface area contributed by atoms with Gasteiger partial charge in [0.2, 0.25) is 0 Å². The van der Waals surface area contributed by atoms with Crippen molar-refractivity contribution < 1.29 is 16.8 Å². The highest BCUT2D eigenvalue weighted by molar-refractivity contribution is 8.18. The van der Waals surface area contributed by atoms with E-state index in [0.717, 1.165) is 64.2 Å². The maximum absolute atomic E-state index is 12.3. The second-order valence-electron chi connectivity index (χ2n) is 6.42. The fraction of sp³-hybridized carbons (Fsp3) is 0.857. The third kappa shape index (κ3) is 2.92. The van der Waals surface area contributed by atoms with Gasteiger partial charge in [0.05, 0.1) is 0 Å². The van der Waals surface area contributed by atoms with Gasteiger partial charge in [-0.3, -0.25) is 0 Å². The van der Waals surface area contributed by atoms with E-state index in [4.69, 9.17) is 0 Å². The van der Waals surface area contributed by atoms with Crippen LogP contribution in [0.25, 0.3) is 4.13 Å². The summed E-state index contributed by atoms with van der Waals surface area (Å²) in [5.74, 6) is -0.275. The lowest BCUT2D eigenvalue weighted by atomic mass is 9.84. The van der Waals surface area contributed by atoms with E-state index in [9.17, 15) is 16.8 Å². The predicted molar refractivity (Wildman–Crippen MR) is 81.4 cm³/mol. The molecule has 3 aliphatic rings. The summed E-state index contributed by atoms with van der Waals surface area (Å²) in [5.41, 5.74) is 0. The van der Waals surface area contributed by atoms with Crippen LogP contribution >= 0.6 is 0 Å². The number of hydrogen-bond acceptors (Lipinski definition) is 4. The number of allylic oxidation sites excluding steroid dienone is 2. The Bertz CT molecular complexity index is 580. The van der Waals surface area contributed by atoms with E-state index >= 15 is 0 Å². The Morgan fingerprint density at radius 2 is 0.952 bits per heavy atom. The van der Waals surface area contributed by atoms with Gasteiger partial charge in [-0.1, -0.05) is 38.5 Å². The highest BCUT2D eigenvalue weighted by atomic mass is 32.3. The first-order valence-electron chi connectivity index (χ1n) is 7.90. The molecule has 0 N–H and O–H groups in total. The number of rotatable bonds is 2. The Labute approximate surface area is 127 Å². The topological polar surface area (TPSA) is 82.4 Å². The molecule has 0 unspecified atom stereocenters. The monoisotopic (exact) mass is 332 g/mol. The maximum atomic E-state index is 12.3. The lowest BCUT2D eigenvalue weighted by Gasteiger charge is -2.28. The van der Waals surface area contributed by atoms with E-state index in [1.807, 2.05) is 0 Å². The highest BCUT2D eigenvalue weighted by Crippen LogP contribution is 2.49. The molecule has 120 valence electrons. The lowest BCUT2D eigenvalue weighted by molar-refractivity contribution is 0.389. The largest absolute Gasteiger partial charge is 0.428 e. The van der Waals surface area contributed by atoms with Crippen molar-refractivity contribution in [3.05, 3.63) is 13.9 Å². The minimum absolute atomic E-state index is 0.137. The lowest BCUT2D eigenvalue weighted by Crippen LogP contribution is -2.18. The summed E-state index contributed by atoms with van der Waals surface area (Å²) in [7, 11) is -7.95. The molecule has 0 atom stereocenters. The molecular weight excluding hydrogens is 310 g/mol. The van der Waals surface area contributed by atoms with Crippen molar-refractivity contribution in [2.45, 2.75) is 64.2 Å². The van der Waals surface area contributed by atoms with Gasteiger partial charge >= 0.3 is 0 Å². The van der Waals surface area contributed by atoms with Gasteiger partial charge in [0.1, 0.15) is 20.0 Å². The van der Waals surface area contributed by atoms with Crippen LogP contribution in [0.3, 0.4) is 0 Å². The Balaban J connectivity index is 2.09. The molecule has 0 aromatic heterocycles. The fourth-order valence-electron chi connectivity index (χ4n) is 4.02. The van der Waals surface area contributed by atoms with Crippen LogP contribution < -0.4 is 0 Å². The normalized spacial score (nSPS) is 30.7. The standard InChI is InChI=1S/C14H22NO4S2/c16-20(17)13(11-7-3-1-4-8-11)14(21(18,19)15-20)12-9-5-2-6-10-12/h11-12H,1-10H2/q-1. The number of nitrogens with zero attached hydrogens (tertiary/aromatic N) is 1. The van der Waals surface area contributed by atoms with Crippen molar-refractivity contribution in [1.82, 2.24) is 0 Å².